The predicted octanol–water partition coefficient (Wildman–Crippen LogP) is 1.01. The SMILES string of the molecule is CCn1c(SCC(=O)O)nnc1N(C)C1CCN(C)CC1. The van der Waals surface area contributed by atoms with E-state index in [4.69, 9.17) is 5.11 Å². The van der Waals surface area contributed by atoms with Gasteiger partial charge in [0.25, 0.3) is 0 Å². The largest absolute Gasteiger partial charge is 0.481 e. The van der Waals surface area contributed by atoms with E-state index in [0.29, 0.717) is 11.2 Å². The summed E-state index contributed by atoms with van der Waals surface area (Å²) in [5.41, 5.74) is 0. The van der Waals surface area contributed by atoms with E-state index in [0.717, 1.165) is 38.4 Å². The number of piperidine rings is 1. The number of rotatable bonds is 6. The van der Waals surface area contributed by atoms with Crippen molar-refractivity contribution in [3.8, 4) is 0 Å². The smallest absolute Gasteiger partial charge is 0.313 e. The molecule has 1 aliphatic rings. The van der Waals surface area contributed by atoms with E-state index in [-0.39, 0.29) is 5.75 Å². The first-order chi connectivity index (χ1) is 10.0. The number of aliphatic carboxylic acids is 1. The fourth-order valence-electron chi connectivity index (χ4n) is 2.60. The van der Waals surface area contributed by atoms with Gasteiger partial charge in [-0.25, -0.2) is 0 Å². The molecule has 1 saturated heterocycles. The lowest BCUT2D eigenvalue weighted by Gasteiger charge is -2.35. The molecule has 0 atom stereocenters. The lowest BCUT2D eigenvalue weighted by atomic mass is 10.0. The topological polar surface area (TPSA) is 74.5 Å². The van der Waals surface area contributed by atoms with Gasteiger partial charge in [-0.1, -0.05) is 11.8 Å². The van der Waals surface area contributed by atoms with Crippen LogP contribution in [0.5, 0.6) is 0 Å². The highest BCUT2D eigenvalue weighted by Gasteiger charge is 2.25. The maximum atomic E-state index is 10.7. The Bertz CT molecular complexity index is 485. The lowest BCUT2D eigenvalue weighted by Crippen LogP contribution is -2.42. The molecule has 1 aliphatic heterocycles. The van der Waals surface area contributed by atoms with Gasteiger partial charge in [0.05, 0.1) is 5.75 Å². The molecule has 118 valence electrons. The highest BCUT2D eigenvalue weighted by molar-refractivity contribution is 7.99. The second kappa shape index (κ2) is 7.13. The first kappa shape index (κ1) is 16.1. The van der Waals surface area contributed by atoms with E-state index in [1.165, 1.54) is 11.8 Å². The van der Waals surface area contributed by atoms with E-state index >= 15 is 0 Å². The Morgan fingerprint density at radius 3 is 2.67 bits per heavy atom. The average molecular weight is 313 g/mol. The Labute approximate surface area is 129 Å². The van der Waals surface area contributed by atoms with Crippen LogP contribution in [0.2, 0.25) is 0 Å². The molecule has 1 aromatic rings. The molecule has 0 saturated carbocycles. The van der Waals surface area contributed by atoms with Crippen LogP contribution >= 0.6 is 11.8 Å². The van der Waals surface area contributed by atoms with Crippen LogP contribution in [-0.2, 0) is 11.3 Å². The van der Waals surface area contributed by atoms with Gasteiger partial charge in [-0.05, 0) is 39.9 Å². The molecule has 21 heavy (non-hydrogen) atoms. The van der Waals surface area contributed by atoms with Gasteiger partial charge in [0.2, 0.25) is 5.95 Å². The van der Waals surface area contributed by atoms with Crippen molar-refractivity contribution >= 4 is 23.7 Å². The Morgan fingerprint density at radius 2 is 2.10 bits per heavy atom. The van der Waals surface area contributed by atoms with Crippen molar-refractivity contribution in [1.29, 1.82) is 0 Å². The van der Waals surface area contributed by atoms with Crippen LogP contribution in [0.25, 0.3) is 0 Å². The summed E-state index contributed by atoms with van der Waals surface area (Å²) < 4.78 is 1.99. The van der Waals surface area contributed by atoms with Gasteiger partial charge in [-0.2, -0.15) is 0 Å². The monoisotopic (exact) mass is 313 g/mol. The Hall–Kier alpha value is -1.28. The van der Waals surface area contributed by atoms with Gasteiger partial charge in [0.1, 0.15) is 0 Å². The van der Waals surface area contributed by atoms with Gasteiger partial charge >= 0.3 is 5.97 Å². The minimum absolute atomic E-state index is 0.00999. The summed E-state index contributed by atoms with van der Waals surface area (Å²) in [7, 11) is 4.20. The summed E-state index contributed by atoms with van der Waals surface area (Å²) >= 11 is 1.22. The van der Waals surface area contributed by atoms with E-state index in [2.05, 4.69) is 34.1 Å². The summed E-state index contributed by atoms with van der Waals surface area (Å²) in [4.78, 5) is 15.2. The molecule has 0 aromatic carbocycles. The quantitative estimate of drug-likeness (QED) is 0.785. The van der Waals surface area contributed by atoms with Crippen LogP contribution in [0.15, 0.2) is 5.16 Å². The van der Waals surface area contributed by atoms with Crippen LogP contribution in [0.3, 0.4) is 0 Å². The van der Waals surface area contributed by atoms with Gasteiger partial charge in [-0.15, -0.1) is 10.2 Å². The van der Waals surface area contributed by atoms with Crippen LogP contribution in [-0.4, -0.2) is 69.7 Å². The molecule has 0 radical (unpaired) electrons. The highest BCUT2D eigenvalue weighted by atomic mass is 32.2. The molecule has 8 heteroatoms. The number of nitrogens with zero attached hydrogens (tertiary/aromatic N) is 5. The third-order valence-electron chi connectivity index (χ3n) is 3.89. The molecule has 0 spiro atoms. The second-order valence-corrected chi connectivity index (χ2v) is 6.30. The van der Waals surface area contributed by atoms with Gasteiger partial charge < -0.3 is 14.9 Å². The number of aromatic nitrogens is 3. The third kappa shape index (κ3) is 3.88. The summed E-state index contributed by atoms with van der Waals surface area (Å²) in [6.07, 6.45) is 2.22. The van der Waals surface area contributed by atoms with Crippen molar-refractivity contribution in [2.24, 2.45) is 0 Å². The zero-order valence-electron chi connectivity index (χ0n) is 12.8. The van der Waals surface area contributed by atoms with Crippen molar-refractivity contribution in [1.82, 2.24) is 19.7 Å². The molecule has 0 bridgehead atoms. The highest BCUT2D eigenvalue weighted by Crippen LogP contribution is 2.25. The van der Waals surface area contributed by atoms with Crippen LogP contribution in [0, 0.1) is 0 Å². The van der Waals surface area contributed by atoms with Crippen molar-refractivity contribution in [3.05, 3.63) is 0 Å². The number of thioether (sulfide) groups is 1. The van der Waals surface area contributed by atoms with Crippen molar-refractivity contribution < 1.29 is 9.90 Å². The Kier molecular flexibility index (Phi) is 5.46. The van der Waals surface area contributed by atoms with Crippen molar-refractivity contribution in [2.45, 2.75) is 37.5 Å². The normalized spacial score (nSPS) is 17.1. The number of carboxylic acids is 1. The maximum Gasteiger partial charge on any atom is 0.313 e. The number of carbonyl (C=O) groups is 1. The summed E-state index contributed by atoms with van der Waals surface area (Å²) in [5.74, 6) is 0.00612. The summed E-state index contributed by atoms with van der Waals surface area (Å²) in [6, 6.07) is 0.466. The second-order valence-electron chi connectivity index (χ2n) is 5.35. The first-order valence-electron chi connectivity index (χ1n) is 7.22. The maximum absolute atomic E-state index is 10.7. The molecule has 2 rings (SSSR count). The number of hydrogen-bond donors (Lipinski definition) is 1. The number of anilines is 1. The standard InChI is InChI=1S/C13H23N5O2S/c1-4-18-12(14-15-13(18)21-9-11(19)20)17(3)10-5-7-16(2)8-6-10/h10H,4-9H2,1-3H3,(H,19,20). The molecule has 1 N–H and O–H groups in total. The minimum Gasteiger partial charge on any atom is -0.481 e. The zero-order chi connectivity index (χ0) is 15.4. The minimum atomic E-state index is -0.837. The van der Waals surface area contributed by atoms with E-state index in [1.807, 2.05) is 11.5 Å². The molecule has 0 unspecified atom stereocenters. The summed E-state index contributed by atoms with van der Waals surface area (Å²) in [6.45, 7) is 4.95. The van der Waals surface area contributed by atoms with Gasteiger partial charge in [-0.3, -0.25) is 9.36 Å². The van der Waals surface area contributed by atoms with Crippen LogP contribution < -0.4 is 4.90 Å². The van der Waals surface area contributed by atoms with Crippen molar-refractivity contribution in [2.75, 3.05) is 37.8 Å². The van der Waals surface area contributed by atoms with Crippen LogP contribution in [0.4, 0.5) is 5.95 Å². The van der Waals surface area contributed by atoms with E-state index < -0.39 is 5.97 Å². The number of hydrogen-bond acceptors (Lipinski definition) is 6. The Balaban J connectivity index is 2.09. The lowest BCUT2D eigenvalue weighted by molar-refractivity contribution is -0.133. The summed E-state index contributed by atoms with van der Waals surface area (Å²) in [5, 5.41) is 17.9. The number of likely N-dealkylation sites (tertiary alicyclic amines) is 1. The molecular formula is C13H23N5O2S. The molecule has 1 fully saturated rings. The van der Waals surface area contributed by atoms with Crippen LogP contribution in [0.1, 0.15) is 19.8 Å². The fraction of sp³-hybridized carbons (Fsp3) is 0.769. The molecule has 2 heterocycles. The Morgan fingerprint density at radius 1 is 1.43 bits per heavy atom. The first-order valence-corrected chi connectivity index (χ1v) is 8.20. The molecule has 1 aromatic heterocycles. The van der Waals surface area contributed by atoms with Gasteiger partial charge in [0, 0.05) is 19.6 Å². The van der Waals surface area contributed by atoms with E-state index in [1.54, 1.807) is 0 Å². The molecule has 7 nitrogen and oxygen atoms in total. The zero-order valence-corrected chi connectivity index (χ0v) is 13.6. The van der Waals surface area contributed by atoms with Crippen molar-refractivity contribution in [3.63, 3.8) is 0 Å². The number of carboxylic acid groups (broad SMARTS) is 1. The predicted molar refractivity (Wildman–Crippen MR) is 83.0 cm³/mol. The molecule has 0 aliphatic carbocycles. The fourth-order valence-corrected chi connectivity index (χ4v) is 3.31. The molecular weight excluding hydrogens is 290 g/mol. The third-order valence-corrected chi connectivity index (χ3v) is 4.84. The van der Waals surface area contributed by atoms with Gasteiger partial charge in [0.15, 0.2) is 5.16 Å². The van der Waals surface area contributed by atoms with E-state index in [9.17, 15) is 4.79 Å². The average Bonchev–Trinajstić information content (AvgIpc) is 2.88. The molecule has 0 amide bonds.